The summed E-state index contributed by atoms with van der Waals surface area (Å²) in [6, 6.07) is 0. The lowest BCUT2D eigenvalue weighted by molar-refractivity contribution is -0.138. The number of carbonyl (C=O) groups is 3. The highest BCUT2D eigenvalue weighted by atomic mass is 16.4. The van der Waals surface area contributed by atoms with Crippen LogP contribution in [-0.4, -0.2) is 67.9 Å². The molecule has 0 spiro atoms. The molecule has 0 aromatic heterocycles. The molecule has 0 heterocycles. The fraction of sp³-hybridized carbons (Fsp3) is 0.889. The highest BCUT2D eigenvalue weighted by Crippen LogP contribution is 2.13. The maximum Gasteiger partial charge on any atom is 0.303 e. The minimum atomic E-state index is -0.954. The van der Waals surface area contributed by atoms with Crippen molar-refractivity contribution < 1.29 is 45.0 Å². The van der Waals surface area contributed by atoms with Gasteiger partial charge in [-0.2, -0.15) is 0 Å². The number of rotatable bonds is 20. The van der Waals surface area contributed by atoms with Crippen LogP contribution in [0.15, 0.2) is 0 Å². The summed E-state index contributed by atoms with van der Waals surface area (Å²) in [4.78, 5) is 29.1. The van der Waals surface area contributed by atoms with Crippen LogP contribution in [0.2, 0.25) is 0 Å². The predicted molar refractivity (Wildman–Crippen MR) is 143 cm³/mol. The molecule has 0 bridgehead atoms. The van der Waals surface area contributed by atoms with Crippen molar-refractivity contribution in [2.24, 2.45) is 0 Å². The standard InChI is InChI=1S/C18H36O2.C3H8O3.2C3H6O2/c1-2-3-4-5-6-7-8-9-10-11-12-13-14-15-16-17-18(19)20;4-1-3(6)2-5;2*1-2-3(4)5/h2-17H2,1H3,(H,19,20);3-6H,1-2H2;2*2H2,1H3,(H,4,5). The van der Waals surface area contributed by atoms with Crippen LogP contribution < -0.4 is 0 Å². The van der Waals surface area contributed by atoms with E-state index in [1.54, 1.807) is 13.8 Å². The third-order valence-electron chi connectivity index (χ3n) is 5.02. The lowest BCUT2D eigenvalue weighted by Gasteiger charge is -2.03. The highest BCUT2D eigenvalue weighted by molar-refractivity contribution is 5.66. The molecule has 0 fully saturated rings. The second kappa shape index (κ2) is 37.8. The van der Waals surface area contributed by atoms with E-state index in [0.29, 0.717) is 6.42 Å². The number of unbranched alkanes of at least 4 members (excludes halogenated alkanes) is 14. The zero-order valence-electron chi connectivity index (χ0n) is 23.1. The van der Waals surface area contributed by atoms with Crippen molar-refractivity contribution in [2.75, 3.05) is 13.2 Å². The molecule has 0 unspecified atom stereocenters. The Balaban J connectivity index is -0.000000258. The SMILES string of the molecule is CCC(=O)O.CCC(=O)O.CCCCCCCCCCCCCCCCCC(=O)O.OCC(O)CO. The molecule has 0 aliphatic carbocycles. The number of aliphatic carboxylic acids is 3. The van der Waals surface area contributed by atoms with Crippen LogP contribution in [0, 0.1) is 0 Å². The van der Waals surface area contributed by atoms with Gasteiger partial charge in [0, 0.05) is 19.3 Å². The number of aliphatic hydroxyl groups excluding tert-OH is 3. The first-order valence-electron chi connectivity index (χ1n) is 13.7. The van der Waals surface area contributed by atoms with E-state index in [1.165, 1.54) is 83.5 Å². The Labute approximate surface area is 218 Å². The van der Waals surface area contributed by atoms with E-state index in [4.69, 9.17) is 30.6 Å². The second-order valence-electron chi connectivity index (χ2n) is 8.61. The molecule has 0 saturated heterocycles. The summed E-state index contributed by atoms with van der Waals surface area (Å²) in [5.74, 6) is -2.14. The first kappa shape index (κ1) is 41.4. The first-order valence-corrected chi connectivity index (χ1v) is 13.7. The first-order chi connectivity index (χ1) is 17.1. The van der Waals surface area contributed by atoms with Gasteiger partial charge in [-0.1, -0.05) is 111 Å². The molecule has 0 saturated carbocycles. The summed E-state index contributed by atoms with van der Waals surface area (Å²) in [6.45, 7) is 4.74. The number of aliphatic hydroxyl groups is 3. The van der Waals surface area contributed by atoms with E-state index in [1.807, 2.05) is 0 Å². The summed E-state index contributed by atoms with van der Waals surface area (Å²) >= 11 is 0. The van der Waals surface area contributed by atoms with Crippen LogP contribution >= 0.6 is 0 Å². The van der Waals surface area contributed by atoms with Crippen LogP contribution in [0.5, 0.6) is 0 Å². The molecule has 0 aromatic rings. The van der Waals surface area contributed by atoms with Gasteiger partial charge in [0.25, 0.3) is 0 Å². The number of carboxylic acid groups (broad SMARTS) is 3. The molecule has 0 aliphatic rings. The van der Waals surface area contributed by atoms with Gasteiger partial charge in [0.1, 0.15) is 6.10 Å². The van der Waals surface area contributed by atoms with Crippen molar-refractivity contribution >= 4 is 17.9 Å². The van der Waals surface area contributed by atoms with E-state index in [0.717, 1.165) is 12.8 Å². The van der Waals surface area contributed by atoms with Crippen LogP contribution in [0.25, 0.3) is 0 Å². The molecule has 9 nitrogen and oxygen atoms in total. The number of hydrogen-bond donors (Lipinski definition) is 6. The molecule has 9 heteroatoms. The molecular weight excluding hydrogens is 468 g/mol. The van der Waals surface area contributed by atoms with Gasteiger partial charge < -0.3 is 30.6 Å². The summed E-state index contributed by atoms with van der Waals surface area (Å²) in [5, 5.41) is 48.0. The maximum atomic E-state index is 10.3. The molecule has 0 aromatic carbocycles. The molecular formula is C27H56O9. The molecule has 36 heavy (non-hydrogen) atoms. The zero-order chi connectivity index (χ0) is 28.5. The Morgan fingerprint density at radius 2 is 0.750 bits per heavy atom. The van der Waals surface area contributed by atoms with Crippen molar-refractivity contribution in [3.05, 3.63) is 0 Å². The number of hydrogen-bond acceptors (Lipinski definition) is 6. The lowest BCUT2D eigenvalue weighted by Crippen LogP contribution is -2.15. The zero-order valence-corrected chi connectivity index (χ0v) is 23.1. The van der Waals surface area contributed by atoms with E-state index in [9.17, 15) is 14.4 Å². The average Bonchev–Trinajstić information content (AvgIpc) is 2.86. The molecule has 0 aliphatic heterocycles. The Morgan fingerprint density at radius 3 is 0.917 bits per heavy atom. The van der Waals surface area contributed by atoms with Gasteiger partial charge in [-0.05, 0) is 6.42 Å². The third kappa shape index (κ3) is 58.3. The summed E-state index contributed by atoms with van der Waals surface area (Å²) < 4.78 is 0. The van der Waals surface area contributed by atoms with Crippen LogP contribution in [-0.2, 0) is 14.4 Å². The van der Waals surface area contributed by atoms with Crippen LogP contribution in [0.3, 0.4) is 0 Å². The predicted octanol–water partition coefficient (Wildman–Crippen LogP) is 5.63. The fourth-order valence-electron chi connectivity index (χ4n) is 2.71. The monoisotopic (exact) mass is 524 g/mol. The van der Waals surface area contributed by atoms with Crippen molar-refractivity contribution in [3.8, 4) is 0 Å². The van der Waals surface area contributed by atoms with Crippen molar-refractivity contribution in [1.29, 1.82) is 0 Å². The van der Waals surface area contributed by atoms with E-state index < -0.39 is 24.0 Å². The molecule has 0 amide bonds. The average molecular weight is 525 g/mol. The smallest absolute Gasteiger partial charge is 0.303 e. The molecule has 218 valence electrons. The Morgan fingerprint density at radius 1 is 0.500 bits per heavy atom. The number of carboxylic acids is 3. The quantitative estimate of drug-likeness (QED) is 0.110. The van der Waals surface area contributed by atoms with E-state index >= 15 is 0 Å². The van der Waals surface area contributed by atoms with Gasteiger partial charge in [-0.25, -0.2) is 0 Å². The van der Waals surface area contributed by atoms with Crippen LogP contribution in [0.1, 0.15) is 136 Å². The lowest BCUT2D eigenvalue weighted by atomic mass is 10.0. The molecule has 6 N–H and O–H groups in total. The fourth-order valence-corrected chi connectivity index (χ4v) is 2.71. The summed E-state index contributed by atoms with van der Waals surface area (Å²) in [5.41, 5.74) is 0. The Kier molecular flexibility index (Phi) is 43.5. The summed E-state index contributed by atoms with van der Waals surface area (Å²) in [7, 11) is 0. The third-order valence-corrected chi connectivity index (χ3v) is 5.02. The van der Waals surface area contributed by atoms with Gasteiger partial charge in [-0.15, -0.1) is 0 Å². The van der Waals surface area contributed by atoms with E-state index in [-0.39, 0.29) is 26.1 Å². The van der Waals surface area contributed by atoms with Gasteiger partial charge in [0.2, 0.25) is 0 Å². The normalized spacial score (nSPS) is 9.75. The highest BCUT2D eigenvalue weighted by Gasteiger charge is 1.97. The summed E-state index contributed by atoms with van der Waals surface area (Å²) in [6.07, 6.45) is 19.7. The minimum absolute atomic E-state index is 0.222. The minimum Gasteiger partial charge on any atom is -0.481 e. The molecule has 0 rings (SSSR count). The van der Waals surface area contributed by atoms with E-state index in [2.05, 4.69) is 6.92 Å². The van der Waals surface area contributed by atoms with Gasteiger partial charge in [0.05, 0.1) is 13.2 Å². The van der Waals surface area contributed by atoms with Gasteiger partial charge in [0.15, 0.2) is 0 Å². The maximum absolute atomic E-state index is 10.3. The molecule has 0 radical (unpaired) electrons. The Bertz CT molecular complexity index is 439. The topological polar surface area (TPSA) is 173 Å². The van der Waals surface area contributed by atoms with Crippen LogP contribution in [0.4, 0.5) is 0 Å². The Hall–Kier alpha value is -1.71. The van der Waals surface area contributed by atoms with Crippen molar-refractivity contribution in [3.63, 3.8) is 0 Å². The van der Waals surface area contributed by atoms with Crippen molar-refractivity contribution in [1.82, 2.24) is 0 Å². The molecule has 0 atom stereocenters. The van der Waals surface area contributed by atoms with Gasteiger partial charge in [-0.3, -0.25) is 14.4 Å². The van der Waals surface area contributed by atoms with Gasteiger partial charge >= 0.3 is 17.9 Å². The second-order valence-corrected chi connectivity index (χ2v) is 8.61. The largest absolute Gasteiger partial charge is 0.481 e. The van der Waals surface area contributed by atoms with Crippen molar-refractivity contribution in [2.45, 2.75) is 142 Å².